The van der Waals surface area contributed by atoms with Crippen molar-refractivity contribution in [2.75, 3.05) is 18.0 Å². The molecule has 3 rings (SSSR count). The van der Waals surface area contributed by atoms with Gasteiger partial charge in [0.2, 0.25) is 11.2 Å². The smallest absolute Gasteiger partial charge is 0.258 e. The van der Waals surface area contributed by atoms with E-state index in [9.17, 15) is 0 Å². The van der Waals surface area contributed by atoms with Gasteiger partial charge in [-0.3, -0.25) is 0 Å². The number of aromatic nitrogens is 6. The molecule has 1 aliphatic heterocycles. The lowest BCUT2D eigenvalue weighted by atomic mass is 10.0. The molecular formula is C12H16ClN7. The van der Waals surface area contributed by atoms with E-state index < -0.39 is 0 Å². The fraction of sp³-hybridized carbons (Fsp3) is 0.583. The Balaban J connectivity index is 1.89. The number of halogens is 1. The van der Waals surface area contributed by atoms with Crippen LogP contribution >= 0.6 is 11.6 Å². The molecule has 1 aliphatic rings. The fourth-order valence-electron chi connectivity index (χ4n) is 2.35. The highest BCUT2D eigenvalue weighted by atomic mass is 35.5. The molecule has 1 atom stereocenters. The molecule has 0 saturated carbocycles. The Morgan fingerprint density at radius 2 is 2.00 bits per heavy atom. The molecule has 0 radical (unpaired) electrons. The highest BCUT2D eigenvalue weighted by molar-refractivity contribution is 6.28. The van der Waals surface area contributed by atoms with Crippen molar-refractivity contribution in [2.24, 2.45) is 5.92 Å². The maximum Gasteiger partial charge on any atom is 0.258 e. The predicted octanol–water partition coefficient (Wildman–Crippen LogP) is 1.73. The topological polar surface area (TPSA) is 72.6 Å². The van der Waals surface area contributed by atoms with Gasteiger partial charge in [-0.05, 0) is 36.8 Å². The number of nitrogens with zero attached hydrogens (tertiary/aromatic N) is 7. The van der Waals surface area contributed by atoms with Gasteiger partial charge in [0, 0.05) is 13.1 Å². The first-order valence-electron chi connectivity index (χ1n) is 6.74. The number of anilines is 1. The third kappa shape index (κ3) is 2.87. The molecule has 0 N–H and O–H groups in total. The molecule has 2 aromatic rings. The highest BCUT2D eigenvalue weighted by Gasteiger charge is 2.18. The molecule has 1 saturated heterocycles. The van der Waals surface area contributed by atoms with Crippen molar-refractivity contribution in [2.45, 2.75) is 26.2 Å². The molecule has 20 heavy (non-hydrogen) atoms. The van der Waals surface area contributed by atoms with Gasteiger partial charge in [-0.25, -0.2) is 4.98 Å². The first-order valence-corrected chi connectivity index (χ1v) is 7.11. The summed E-state index contributed by atoms with van der Waals surface area (Å²) in [6, 6.07) is 0. The zero-order chi connectivity index (χ0) is 13.9. The molecule has 0 bridgehead atoms. The van der Waals surface area contributed by atoms with E-state index in [1.807, 2.05) is 0 Å². The zero-order valence-electron chi connectivity index (χ0n) is 11.3. The monoisotopic (exact) mass is 293 g/mol. The summed E-state index contributed by atoms with van der Waals surface area (Å²) in [5.74, 6) is 1.76. The van der Waals surface area contributed by atoms with Crippen molar-refractivity contribution < 1.29 is 0 Å². The summed E-state index contributed by atoms with van der Waals surface area (Å²) in [6.07, 6.45) is 6.50. The van der Waals surface area contributed by atoms with Crippen LogP contribution in [0, 0.1) is 5.92 Å². The van der Waals surface area contributed by atoms with Gasteiger partial charge in [0.15, 0.2) is 0 Å². The summed E-state index contributed by atoms with van der Waals surface area (Å²) in [5, 5.41) is 4.20. The summed E-state index contributed by atoms with van der Waals surface area (Å²) in [6.45, 7) is 4.17. The molecule has 0 spiro atoms. The summed E-state index contributed by atoms with van der Waals surface area (Å²) in [5.41, 5.74) is 0. The van der Waals surface area contributed by atoms with Crippen molar-refractivity contribution in [3.8, 4) is 5.95 Å². The number of hydrogen-bond donors (Lipinski definition) is 0. The van der Waals surface area contributed by atoms with Gasteiger partial charge in [0.25, 0.3) is 5.95 Å². The van der Waals surface area contributed by atoms with Gasteiger partial charge < -0.3 is 4.90 Å². The molecule has 1 unspecified atom stereocenters. The second-order valence-corrected chi connectivity index (χ2v) is 5.41. The molecule has 106 valence electrons. The van der Waals surface area contributed by atoms with Crippen LogP contribution in [0.2, 0.25) is 5.28 Å². The van der Waals surface area contributed by atoms with E-state index in [0.717, 1.165) is 31.8 Å². The maximum atomic E-state index is 6.01. The van der Waals surface area contributed by atoms with E-state index in [-0.39, 0.29) is 5.28 Å². The Labute approximate surface area is 122 Å². The summed E-state index contributed by atoms with van der Waals surface area (Å²) < 4.78 is 1.48. The fourth-order valence-corrected chi connectivity index (χ4v) is 2.50. The SMILES string of the molecule is CC1CCCN(c2nc(Cl)nc(-n3cncn3)n2)CC1. The van der Waals surface area contributed by atoms with Crippen LogP contribution < -0.4 is 4.90 Å². The Hall–Kier alpha value is -1.76. The largest absolute Gasteiger partial charge is 0.341 e. The zero-order valence-corrected chi connectivity index (χ0v) is 12.0. The summed E-state index contributed by atoms with van der Waals surface area (Å²) in [7, 11) is 0. The molecular weight excluding hydrogens is 278 g/mol. The van der Waals surface area contributed by atoms with Crippen LogP contribution in [0.5, 0.6) is 0 Å². The molecule has 0 aromatic carbocycles. The lowest BCUT2D eigenvalue weighted by Gasteiger charge is -2.20. The standard InChI is InChI=1S/C12H16ClN7/c1-9-3-2-5-19(6-4-9)11-16-10(13)17-12(18-11)20-8-14-7-15-20/h7-9H,2-6H2,1H3. The minimum Gasteiger partial charge on any atom is -0.341 e. The van der Waals surface area contributed by atoms with Gasteiger partial charge in [-0.1, -0.05) is 6.92 Å². The van der Waals surface area contributed by atoms with Crippen LogP contribution in [-0.2, 0) is 0 Å². The Bertz CT molecular complexity index is 571. The van der Waals surface area contributed by atoms with Gasteiger partial charge >= 0.3 is 0 Å². The van der Waals surface area contributed by atoms with E-state index in [2.05, 4.69) is 36.9 Å². The Morgan fingerprint density at radius 1 is 1.15 bits per heavy atom. The van der Waals surface area contributed by atoms with Crippen LogP contribution in [0.3, 0.4) is 0 Å². The van der Waals surface area contributed by atoms with Crippen LogP contribution in [0.4, 0.5) is 5.95 Å². The first-order chi connectivity index (χ1) is 9.72. The predicted molar refractivity (Wildman–Crippen MR) is 75.0 cm³/mol. The van der Waals surface area contributed by atoms with Crippen LogP contribution in [-0.4, -0.2) is 42.8 Å². The van der Waals surface area contributed by atoms with Gasteiger partial charge in [0.05, 0.1) is 0 Å². The van der Waals surface area contributed by atoms with E-state index in [4.69, 9.17) is 11.6 Å². The number of rotatable bonds is 2. The summed E-state index contributed by atoms with van der Waals surface area (Å²) >= 11 is 6.01. The molecule has 0 amide bonds. The quantitative estimate of drug-likeness (QED) is 0.839. The lowest BCUT2D eigenvalue weighted by molar-refractivity contribution is 0.520. The highest BCUT2D eigenvalue weighted by Crippen LogP contribution is 2.21. The third-order valence-electron chi connectivity index (χ3n) is 3.51. The Kier molecular flexibility index (Phi) is 3.77. The molecule has 2 aromatic heterocycles. The van der Waals surface area contributed by atoms with Crippen molar-refractivity contribution in [3.63, 3.8) is 0 Å². The summed E-state index contributed by atoms with van der Waals surface area (Å²) in [4.78, 5) is 18.8. The van der Waals surface area contributed by atoms with E-state index >= 15 is 0 Å². The minimum atomic E-state index is 0.179. The van der Waals surface area contributed by atoms with E-state index in [1.165, 1.54) is 17.4 Å². The van der Waals surface area contributed by atoms with Crippen LogP contribution in [0.15, 0.2) is 12.7 Å². The van der Waals surface area contributed by atoms with Crippen molar-refractivity contribution in [1.29, 1.82) is 0 Å². The second kappa shape index (κ2) is 5.70. The molecule has 8 heteroatoms. The molecule has 7 nitrogen and oxygen atoms in total. The van der Waals surface area contributed by atoms with Crippen molar-refractivity contribution in [3.05, 3.63) is 17.9 Å². The van der Waals surface area contributed by atoms with Crippen LogP contribution in [0.1, 0.15) is 26.2 Å². The van der Waals surface area contributed by atoms with Crippen molar-refractivity contribution >= 4 is 17.5 Å². The van der Waals surface area contributed by atoms with Crippen molar-refractivity contribution in [1.82, 2.24) is 29.7 Å². The van der Waals surface area contributed by atoms with Gasteiger partial charge in [-0.2, -0.15) is 24.7 Å². The Morgan fingerprint density at radius 3 is 2.80 bits per heavy atom. The average Bonchev–Trinajstić information content (AvgIpc) is 2.88. The average molecular weight is 294 g/mol. The second-order valence-electron chi connectivity index (χ2n) is 5.07. The third-order valence-corrected chi connectivity index (χ3v) is 3.68. The minimum absolute atomic E-state index is 0.179. The normalized spacial score (nSPS) is 19.9. The molecule has 0 aliphatic carbocycles. The first kappa shape index (κ1) is 13.2. The van der Waals surface area contributed by atoms with E-state index in [0.29, 0.717) is 11.9 Å². The number of hydrogen-bond acceptors (Lipinski definition) is 6. The molecule has 1 fully saturated rings. The molecule has 3 heterocycles. The van der Waals surface area contributed by atoms with Crippen LogP contribution in [0.25, 0.3) is 5.95 Å². The maximum absolute atomic E-state index is 6.01. The van der Waals surface area contributed by atoms with Gasteiger partial charge in [-0.15, -0.1) is 0 Å². The van der Waals surface area contributed by atoms with E-state index in [1.54, 1.807) is 6.33 Å². The lowest BCUT2D eigenvalue weighted by Crippen LogP contribution is -2.27. The van der Waals surface area contributed by atoms with Gasteiger partial charge in [0.1, 0.15) is 12.7 Å².